The van der Waals surface area contributed by atoms with Gasteiger partial charge in [-0.15, -0.1) is 0 Å². The Balaban J connectivity index is 1.32. The molecule has 14 N–H and O–H groups in total. The smallest absolute Gasteiger partial charge is 0.397 e. The van der Waals surface area contributed by atoms with Crippen molar-refractivity contribution in [2.45, 2.75) is 162 Å². The Hall–Kier alpha value is -1.69. The van der Waals surface area contributed by atoms with Crippen LogP contribution in [0.2, 0.25) is 0 Å². The van der Waals surface area contributed by atoms with Crippen LogP contribution in [0.4, 0.5) is 0 Å². The largest absolute Gasteiger partial charge is 0.479 e. The number of hydrogen-bond acceptors (Lipinski definition) is 27. The van der Waals surface area contributed by atoms with E-state index in [1.807, 2.05) is 0 Å². The van der Waals surface area contributed by atoms with Crippen molar-refractivity contribution in [1.82, 2.24) is 9.44 Å². The molecule has 0 aromatic rings. The van der Waals surface area contributed by atoms with Crippen molar-refractivity contribution in [2.75, 3.05) is 13.2 Å². The summed E-state index contributed by atoms with van der Waals surface area (Å²) in [6.45, 7) is 0.616. The zero-order chi connectivity index (χ0) is 50.3. The van der Waals surface area contributed by atoms with E-state index >= 15 is 0 Å². The monoisotopic (exact) mass is 1070 g/mol. The lowest BCUT2D eigenvalue weighted by Crippen LogP contribution is -2.66. The van der Waals surface area contributed by atoms with Crippen LogP contribution in [0.25, 0.3) is 0 Å². The summed E-state index contributed by atoms with van der Waals surface area (Å²) >= 11 is 0. The molecule has 67 heavy (non-hydrogen) atoms. The van der Waals surface area contributed by atoms with Gasteiger partial charge in [-0.05, 0) is 20.3 Å². The minimum Gasteiger partial charge on any atom is -0.479 e. The lowest BCUT2D eigenvalue weighted by atomic mass is 9.96. The molecule has 5 rings (SSSR count). The van der Waals surface area contributed by atoms with E-state index in [9.17, 15) is 93.0 Å². The predicted molar refractivity (Wildman–Crippen MR) is 201 cm³/mol. The minimum absolute atomic E-state index is 0.665. The summed E-state index contributed by atoms with van der Waals surface area (Å²) in [6.07, 6.45) is -40.5. The molecule has 0 aliphatic carbocycles. The average Bonchev–Trinajstić information content (AvgIpc) is 3.17. The predicted octanol–water partition coefficient (Wildman–Crippen LogP) is -8.63. The third-order valence-electron chi connectivity index (χ3n) is 10.6. The molecule has 5 aliphatic rings. The van der Waals surface area contributed by atoms with Crippen molar-refractivity contribution in [3.8, 4) is 0 Å². The van der Waals surface area contributed by atoms with Crippen molar-refractivity contribution in [3.63, 3.8) is 0 Å². The molecule has 5 fully saturated rings. The molecule has 5 saturated heterocycles. The second-order valence-electron chi connectivity index (χ2n) is 15.6. The van der Waals surface area contributed by atoms with Crippen LogP contribution in [0.3, 0.4) is 0 Å². The van der Waals surface area contributed by atoms with Gasteiger partial charge in [0, 0.05) is 6.42 Å². The third-order valence-corrected chi connectivity index (χ3v) is 12.7. The number of rotatable bonds is 18. The maximum atomic E-state index is 12.6. The van der Waals surface area contributed by atoms with Crippen molar-refractivity contribution in [3.05, 3.63) is 0 Å². The SMILES string of the molecule is CC1O[C@H](O[C@@H]2C(C(=O)O)O[C@@H](O[C@@H]3C(COS(=O)(=O)O)O[C@H](O)C[C@H]3O)C(OS(=O)(=O)O)[C@H]2O)C(NS(=O)(=O)O)C[C@@H]1O[C@@H]1OC[C@@H](O[C@H]2OC(C)[C@@H](O)[C@H](O)C2NS(=O)(=O)O)[C@H](O)C1O. The van der Waals surface area contributed by atoms with E-state index in [0.29, 0.717) is 0 Å². The van der Waals surface area contributed by atoms with Crippen LogP contribution in [0.1, 0.15) is 26.7 Å². The lowest BCUT2D eigenvalue weighted by Gasteiger charge is -2.48. The minimum atomic E-state index is -5.67. The molecule has 5 heterocycles. The first-order valence-corrected chi connectivity index (χ1v) is 24.9. The van der Waals surface area contributed by atoms with E-state index in [4.69, 9.17) is 47.2 Å². The third kappa shape index (κ3) is 15.2. The highest BCUT2D eigenvalue weighted by Gasteiger charge is 2.56. The molecule has 22 atom stereocenters. The quantitative estimate of drug-likeness (QED) is 0.0567. The van der Waals surface area contributed by atoms with Crippen LogP contribution >= 0.6 is 0 Å². The molecule has 5 aliphatic heterocycles. The molecule has 0 bridgehead atoms. The van der Waals surface area contributed by atoms with E-state index in [-0.39, 0.29) is 0 Å². The molecule has 392 valence electrons. The maximum absolute atomic E-state index is 12.6. The van der Waals surface area contributed by atoms with E-state index < -0.39 is 209 Å². The number of aliphatic carboxylic acids is 1. The summed E-state index contributed by atoms with van der Waals surface area (Å²) in [6, 6.07) is -3.74. The van der Waals surface area contributed by atoms with Gasteiger partial charge in [0.05, 0.1) is 43.7 Å². The number of carboxylic acids is 1. The number of carbonyl (C=O) groups is 1. The fraction of sp³-hybridized carbons (Fsp3) is 0.966. The standard InChI is InChI=1S/C29H50N2O32S4/c1-7-11(58-28-19(37)17(35)12(5-53-28)59-27-15(31-65(44,45)46)18(36)16(34)8(2)56-27)3-9(30-64(41,42)43)26(55-7)61-22-20(38)23(63-67(50,51)52)29(62-24(22)25(39)40)60-21-10(32)4-14(33)57-13(21)6-54-66(47,48)49/h7-24,26-38H,3-6H2,1-2H3,(H,39,40)(H,41,42,43)(H,44,45,46)(H,47,48,49)(H,50,51,52)/t7?,8?,9?,10-,11+,12-,13?,14+,15?,16-,17+,18-,19?,20+,21+,22+,23?,24?,26-,27-,28+,29-/m1/s1. The van der Waals surface area contributed by atoms with Crippen molar-refractivity contribution in [1.29, 1.82) is 0 Å². The summed E-state index contributed by atoms with van der Waals surface area (Å²) in [5.74, 6) is -2.03. The Bertz CT molecular complexity index is 2140. The number of hydrogen-bond donors (Lipinski definition) is 14. The van der Waals surface area contributed by atoms with Crippen LogP contribution in [-0.4, -0.2) is 247 Å². The number of ether oxygens (including phenoxy) is 9. The van der Waals surface area contributed by atoms with Gasteiger partial charge >= 0.3 is 47.4 Å². The van der Waals surface area contributed by atoms with Gasteiger partial charge in [0.15, 0.2) is 43.7 Å². The molecular formula is C29H50N2O32S4. The lowest BCUT2D eigenvalue weighted by molar-refractivity contribution is -0.358. The topological polar surface area (TPSA) is 522 Å². The summed E-state index contributed by atoms with van der Waals surface area (Å²) in [4.78, 5) is 12.6. The number of carboxylic acid groups (broad SMARTS) is 1. The molecule has 0 aromatic heterocycles. The highest BCUT2D eigenvalue weighted by atomic mass is 32.3. The molecule has 0 amide bonds. The van der Waals surface area contributed by atoms with Crippen LogP contribution in [-0.2, 0) is 97.2 Å². The maximum Gasteiger partial charge on any atom is 0.397 e. The molecule has 0 aromatic carbocycles. The second-order valence-corrected chi connectivity index (χ2v) is 20.1. The molecule has 38 heteroatoms. The van der Waals surface area contributed by atoms with Crippen molar-refractivity contribution >= 4 is 47.4 Å². The molecular weight excluding hydrogens is 1020 g/mol. The van der Waals surface area contributed by atoms with Gasteiger partial charge in [-0.1, -0.05) is 0 Å². The molecule has 8 unspecified atom stereocenters. The number of aliphatic hydroxyl groups excluding tert-OH is 7. The zero-order valence-electron chi connectivity index (χ0n) is 34.2. The van der Waals surface area contributed by atoms with Crippen molar-refractivity contribution < 1.29 is 149 Å². The normalized spacial score (nSPS) is 44.0. The Labute approximate surface area is 379 Å². The van der Waals surface area contributed by atoms with Gasteiger partial charge < -0.3 is 83.5 Å². The van der Waals surface area contributed by atoms with Gasteiger partial charge in [-0.2, -0.15) is 43.1 Å². The Kier molecular flexibility index (Phi) is 18.4. The van der Waals surface area contributed by atoms with Gasteiger partial charge in [0.2, 0.25) is 0 Å². The molecule has 0 spiro atoms. The van der Waals surface area contributed by atoms with E-state index in [1.54, 1.807) is 9.44 Å². The van der Waals surface area contributed by atoms with E-state index in [0.717, 1.165) is 0 Å². The summed E-state index contributed by atoms with van der Waals surface area (Å²) in [7, 11) is -21.2. The zero-order valence-corrected chi connectivity index (χ0v) is 37.5. The molecule has 0 radical (unpaired) electrons. The van der Waals surface area contributed by atoms with Crippen LogP contribution in [0.15, 0.2) is 0 Å². The van der Waals surface area contributed by atoms with Crippen LogP contribution < -0.4 is 9.44 Å². The molecule has 0 saturated carbocycles. The second kappa shape index (κ2) is 22.0. The first-order valence-electron chi connectivity index (χ1n) is 19.3. The fourth-order valence-electron chi connectivity index (χ4n) is 7.56. The first kappa shape index (κ1) is 56.2. The Morgan fingerprint density at radius 1 is 0.597 bits per heavy atom. The average molecular weight is 1070 g/mol. The van der Waals surface area contributed by atoms with Gasteiger partial charge in [-0.25, -0.2) is 13.2 Å². The number of nitrogens with one attached hydrogen (secondary N) is 2. The highest BCUT2D eigenvalue weighted by Crippen LogP contribution is 2.36. The van der Waals surface area contributed by atoms with Crippen LogP contribution in [0.5, 0.6) is 0 Å². The van der Waals surface area contributed by atoms with Gasteiger partial charge in [0.25, 0.3) is 0 Å². The fourth-order valence-corrected chi connectivity index (χ4v) is 9.53. The Morgan fingerprint density at radius 3 is 1.78 bits per heavy atom. The summed E-state index contributed by atoms with van der Waals surface area (Å²) < 4.78 is 193. The molecule has 34 nitrogen and oxygen atoms in total. The summed E-state index contributed by atoms with van der Waals surface area (Å²) in [5, 5.41) is 84.7. The van der Waals surface area contributed by atoms with Crippen molar-refractivity contribution in [2.24, 2.45) is 0 Å². The van der Waals surface area contributed by atoms with Crippen LogP contribution in [0, 0.1) is 0 Å². The highest BCUT2D eigenvalue weighted by molar-refractivity contribution is 7.84. The van der Waals surface area contributed by atoms with E-state index in [2.05, 4.69) is 8.37 Å². The summed E-state index contributed by atoms with van der Waals surface area (Å²) in [5.41, 5.74) is 0. The number of aliphatic hydroxyl groups is 7. The first-order chi connectivity index (χ1) is 30.7. The van der Waals surface area contributed by atoms with E-state index in [1.165, 1.54) is 13.8 Å². The Morgan fingerprint density at radius 2 is 1.19 bits per heavy atom. The van der Waals surface area contributed by atoms with Gasteiger partial charge in [-0.3, -0.25) is 18.2 Å². The van der Waals surface area contributed by atoms with Gasteiger partial charge in [0.1, 0.15) is 61.0 Å².